The van der Waals surface area contributed by atoms with Crippen molar-refractivity contribution in [3.8, 4) is 0 Å². The molecule has 2 aromatic heterocycles. The van der Waals surface area contributed by atoms with E-state index in [9.17, 15) is 0 Å². The number of imidazole rings is 1. The van der Waals surface area contributed by atoms with Crippen molar-refractivity contribution in [2.24, 2.45) is 0 Å². The van der Waals surface area contributed by atoms with Crippen LogP contribution >= 0.6 is 0 Å². The molecule has 0 aliphatic rings. The van der Waals surface area contributed by atoms with Crippen LogP contribution in [0.5, 0.6) is 0 Å². The fraction of sp³-hybridized carbons (Fsp3) is 0.100. The van der Waals surface area contributed by atoms with Crippen molar-refractivity contribution in [3.05, 3.63) is 24.0 Å². The number of fused-ring (bicyclic) bond motifs is 3. The standard InChI is InChI=1S/C10H9N5/c1-5-4-12-6-2-3-7-9(8(6)13-5)15-10(11)14-7/h2-4,13H,1H3,(H2,11,15). The molecule has 74 valence electrons. The van der Waals surface area contributed by atoms with E-state index in [0.717, 1.165) is 27.8 Å². The topological polar surface area (TPSA) is 80.5 Å². The molecule has 0 saturated heterocycles. The Morgan fingerprint density at radius 3 is 2.87 bits per heavy atom. The number of aromatic amines is 1. The molecular weight excluding hydrogens is 190 g/mol. The number of nitrogens with two attached hydrogens (primary N) is 1. The highest BCUT2D eigenvalue weighted by atomic mass is 15.0. The van der Waals surface area contributed by atoms with E-state index in [-0.39, 0.29) is 0 Å². The Morgan fingerprint density at radius 2 is 2.00 bits per heavy atom. The van der Waals surface area contributed by atoms with E-state index in [1.165, 1.54) is 0 Å². The van der Waals surface area contributed by atoms with Gasteiger partial charge in [0.15, 0.2) is 0 Å². The number of aryl methyl sites for hydroxylation is 1. The van der Waals surface area contributed by atoms with Gasteiger partial charge in [-0.05, 0) is 19.1 Å². The van der Waals surface area contributed by atoms with Crippen molar-refractivity contribution >= 4 is 28.0 Å². The Labute approximate surface area is 85.4 Å². The Balaban J connectivity index is 2.56. The third kappa shape index (κ3) is 1.13. The van der Waals surface area contributed by atoms with Crippen LogP contribution in [0, 0.1) is 6.92 Å². The lowest BCUT2D eigenvalue weighted by Crippen LogP contribution is -1.88. The maximum Gasteiger partial charge on any atom is 0.221 e. The molecule has 0 unspecified atom stereocenters. The molecule has 0 bridgehead atoms. The lowest BCUT2D eigenvalue weighted by molar-refractivity contribution is 1.19. The minimum Gasteiger partial charge on any atom is -0.368 e. The van der Waals surface area contributed by atoms with E-state index >= 15 is 0 Å². The summed E-state index contributed by atoms with van der Waals surface area (Å²) < 4.78 is 0. The molecule has 0 fully saturated rings. The molecule has 0 atom stereocenters. The number of benzene rings is 1. The quantitative estimate of drug-likeness (QED) is 0.573. The van der Waals surface area contributed by atoms with Gasteiger partial charge in [0.25, 0.3) is 0 Å². The predicted octanol–water partition coefficient (Wildman–Crippen LogP) is 1.40. The van der Waals surface area contributed by atoms with Crippen LogP contribution in [0.4, 0.5) is 5.95 Å². The second-order valence-corrected chi connectivity index (χ2v) is 3.48. The second kappa shape index (κ2) is 2.66. The summed E-state index contributed by atoms with van der Waals surface area (Å²) in [7, 11) is 0. The summed E-state index contributed by atoms with van der Waals surface area (Å²) in [6, 6.07) is 3.78. The second-order valence-electron chi connectivity index (χ2n) is 3.48. The molecule has 3 rings (SSSR count). The van der Waals surface area contributed by atoms with Gasteiger partial charge in [0.1, 0.15) is 5.52 Å². The van der Waals surface area contributed by atoms with E-state index in [1.54, 1.807) is 6.20 Å². The summed E-state index contributed by atoms with van der Waals surface area (Å²) in [5.74, 6) is 0.299. The van der Waals surface area contributed by atoms with E-state index in [0.29, 0.717) is 5.95 Å². The number of rotatable bonds is 0. The number of hydrogen-bond donors (Lipinski definition) is 2. The van der Waals surface area contributed by atoms with Gasteiger partial charge in [-0.1, -0.05) is 0 Å². The molecule has 0 saturated carbocycles. The molecule has 5 nitrogen and oxygen atoms in total. The molecule has 0 amide bonds. The van der Waals surface area contributed by atoms with Gasteiger partial charge in [0.05, 0.1) is 16.6 Å². The van der Waals surface area contributed by atoms with Crippen LogP contribution in [0.25, 0.3) is 22.1 Å². The molecule has 2 heterocycles. The van der Waals surface area contributed by atoms with Gasteiger partial charge < -0.3 is 10.7 Å². The minimum absolute atomic E-state index is 0.299. The number of anilines is 1. The van der Waals surface area contributed by atoms with Crippen molar-refractivity contribution in [1.29, 1.82) is 0 Å². The zero-order valence-electron chi connectivity index (χ0n) is 8.15. The summed E-state index contributed by atoms with van der Waals surface area (Å²) >= 11 is 0. The van der Waals surface area contributed by atoms with Crippen LogP contribution < -0.4 is 5.73 Å². The van der Waals surface area contributed by atoms with Crippen molar-refractivity contribution < 1.29 is 0 Å². The van der Waals surface area contributed by atoms with Crippen LogP contribution in [-0.2, 0) is 0 Å². The molecule has 0 aliphatic carbocycles. The highest BCUT2D eigenvalue weighted by Crippen LogP contribution is 2.21. The number of nitrogens with zero attached hydrogens (tertiary/aromatic N) is 3. The number of nitrogen functional groups attached to an aromatic ring is 1. The van der Waals surface area contributed by atoms with E-state index < -0.39 is 0 Å². The van der Waals surface area contributed by atoms with Crippen LogP contribution in [0.3, 0.4) is 0 Å². The van der Waals surface area contributed by atoms with Crippen molar-refractivity contribution in [2.75, 3.05) is 5.73 Å². The van der Waals surface area contributed by atoms with Gasteiger partial charge >= 0.3 is 0 Å². The summed E-state index contributed by atoms with van der Waals surface area (Å²) in [6.45, 7) is 1.95. The number of hydrogen-bond acceptors (Lipinski definition) is 4. The summed E-state index contributed by atoms with van der Waals surface area (Å²) in [5, 5.41) is 0. The van der Waals surface area contributed by atoms with Gasteiger partial charge in [-0.15, -0.1) is 0 Å². The first-order chi connectivity index (χ1) is 7.24. The molecule has 0 aliphatic heterocycles. The number of aromatic nitrogens is 4. The first kappa shape index (κ1) is 8.16. The van der Waals surface area contributed by atoms with E-state index in [2.05, 4.69) is 19.9 Å². The molecule has 3 N–H and O–H groups in total. The summed E-state index contributed by atoms with van der Waals surface area (Å²) in [4.78, 5) is 15.8. The van der Waals surface area contributed by atoms with Crippen molar-refractivity contribution in [1.82, 2.24) is 19.9 Å². The fourth-order valence-electron chi connectivity index (χ4n) is 1.66. The third-order valence-corrected chi connectivity index (χ3v) is 2.32. The summed E-state index contributed by atoms with van der Waals surface area (Å²) in [5.41, 5.74) is 9.87. The SMILES string of the molecule is Cc1cnc2ccc3nc(N)nc3c2[nH]1. The number of H-pyrrole nitrogens is 1. The normalized spacial score (nSPS) is 11.3. The molecular formula is C10H9N5. The zero-order chi connectivity index (χ0) is 10.4. The summed E-state index contributed by atoms with van der Waals surface area (Å²) in [6.07, 6.45) is 1.79. The van der Waals surface area contributed by atoms with Crippen LogP contribution in [0.15, 0.2) is 18.3 Å². The first-order valence-electron chi connectivity index (χ1n) is 4.61. The fourth-order valence-corrected chi connectivity index (χ4v) is 1.66. The van der Waals surface area contributed by atoms with E-state index in [1.807, 2.05) is 19.1 Å². The van der Waals surface area contributed by atoms with Crippen LogP contribution in [0.2, 0.25) is 0 Å². The van der Waals surface area contributed by atoms with Gasteiger partial charge in [-0.2, -0.15) is 0 Å². The smallest absolute Gasteiger partial charge is 0.221 e. The van der Waals surface area contributed by atoms with Gasteiger partial charge in [0.2, 0.25) is 5.95 Å². The lowest BCUT2D eigenvalue weighted by Gasteiger charge is -1.99. The molecule has 1 aromatic carbocycles. The van der Waals surface area contributed by atoms with Crippen LogP contribution in [0.1, 0.15) is 5.69 Å². The number of nitrogens with one attached hydrogen (secondary N) is 1. The highest BCUT2D eigenvalue weighted by Gasteiger charge is 2.06. The Bertz CT molecular complexity index is 655. The third-order valence-electron chi connectivity index (χ3n) is 2.32. The van der Waals surface area contributed by atoms with Gasteiger partial charge in [-0.3, -0.25) is 4.98 Å². The Morgan fingerprint density at radius 1 is 1.20 bits per heavy atom. The van der Waals surface area contributed by atoms with Gasteiger partial charge in [-0.25, -0.2) is 9.97 Å². The largest absolute Gasteiger partial charge is 0.368 e. The van der Waals surface area contributed by atoms with E-state index in [4.69, 9.17) is 5.73 Å². The molecule has 3 aromatic rings. The molecule has 0 radical (unpaired) electrons. The monoisotopic (exact) mass is 199 g/mol. The van der Waals surface area contributed by atoms with Crippen molar-refractivity contribution in [3.63, 3.8) is 0 Å². The highest BCUT2D eigenvalue weighted by molar-refractivity contribution is 6.00. The van der Waals surface area contributed by atoms with Gasteiger partial charge in [0, 0.05) is 11.9 Å². The Hall–Kier alpha value is -2.17. The predicted molar refractivity (Wildman–Crippen MR) is 58.3 cm³/mol. The molecule has 5 heteroatoms. The van der Waals surface area contributed by atoms with Crippen molar-refractivity contribution in [2.45, 2.75) is 6.92 Å². The maximum absolute atomic E-state index is 5.56. The van der Waals surface area contributed by atoms with Crippen LogP contribution in [-0.4, -0.2) is 19.9 Å². The maximum atomic E-state index is 5.56. The molecule has 0 spiro atoms. The molecule has 15 heavy (non-hydrogen) atoms. The lowest BCUT2D eigenvalue weighted by atomic mass is 10.2. The average Bonchev–Trinajstić information content (AvgIpc) is 2.58. The first-order valence-corrected chi connectivity index (χ1v) is 4.61. The average molecular weight is 199 g/mol. The minimum atomic E-state index is 0.299. The zero-order valence-corrected chi connectivity index (χ0v) is 8.15. The Kier molecular flexibility index (Phi) is 1.45.